The third kappa shape index (κ3) is 7.37. The highest BCUT2D eigenvalue weighted by atomic mass is 19.1. The Morgan fingerprint density at radius 3 is 2.40 bits per heavy atom. The fourth-order valence-corrected chi connectivity index (χ4v) is 4.00. The molecule has 3 rings (SSSR count). The number of ketones is 1. The number of aromatic amines is 1. The number of halogens is 1. The van der Waals surface area contributed by atoms with Crippen molar-refractivity contribution < 1.29 is 18.8 Å². The second-order valence-corrected chi connectivity index (χ2v) is 9.11. The largest absolute Gasteiger partial charge is 0.351 e. The Balaban J connectivity index is 1.66. The molecular formula is C28H32FN3O3. The Labute approximate surface area is 205 Å². The van der Waals surface area contributed by atoms with Gasteiger partial charge in [0.1, 0.15) is 17.6 Å². The number of carbonyl (C=O) groups is 3. The van der Waals surface area contributed by atoms with Crippen molar-refractivity contribution in [2.24, 2.45) is 5.92 Å². The lowest BCUT2D eigenvalue weighted by molar-refractivity contribution is -0.127. The zero-order valence-electron chi connectivity index (χ0n) is 20.1. The Morgan fingerprint density at radius 1 is 1.03 bits per heavy atom. The highest BCUT2D eigenvalue weighted by Gasteiger charge is 2.27. The minimum Gasteiger partial charge on any atom is -0.351 e. The van der Waals surface area contributed by atoms with Gasteiger partial charge in [-0.3, -0.25) is 14.4 Å². The Morgan fingerprint density at radius 2 is 1.74 bits per heavy atom. The zero-order valence-corrected chi connectivity index (χ0v) is 20.1. The van der Waals surface area contributed by atoms with Crippen LogP contribution < -0.4 is 10.6 Å². The predicted octanol–water partition coefficient (Wildman–Crippen LogP) is 4.71. The molecule has 3 N–H and O–H groups in total. The van der Waals surface area contributed by atoms with Gasteiger partial charge in [-0.05, 0) is 67.5 Å². The molecule has 2 atom stereocenters. The van der Waals surface area contributed by atoms with Crippen LogP contribution >= 0.6 is 0 Å². The fourth-order valence-electron chi connectivity index (χ4n) is 4.00. The van der Waals surface area contributed by atoms with Crippen molar-refractivity contribution >= 4 is 28.5 Å². The Hall–Kier alpha value is -3.74. The van der Waals surface area contributed by atoms with Gasteiger partial charge in [-0.25, -0.2) is 4.39 Å². The minimum absolute atomic E-state index is 0.140. The van der Waals surface area contributed by atoms with Crippen LogP contribution in [0.25, 0.3) is 10.9 Å². The maximum atomic E-state index is 13.2. The van der Waals surface area contributed by atoms with Gasteiger partial charge in [-0.2, -0.15) is 0 Å². The number of hydrogen-bond acceptors (Lipinski definition) is 3. The molecule has 2 amide bonds. The van der Waals surface area contributed by atoms with Crippen molar-refractivity contribution in [2.45, 2.75) is 51.6 Å². The van der Waals surface area contributed by atoms with Crippen molar-refractivity contribution in [2.75, 3.05) is 0 Å². The van der Waals surface area contributed by atoms with E-state index >= 15 is 0 Å². The summed E-state index contributed by atoms with van der Waals surface area (Å²) in [6, 6.07) is 13.9. The van der Waals surface area contributed by atoms with Crippen molar-refractivity contribution in [3.63, 3.8) is 0 Å². The summed E-state index contributed by atoms with van der Waals surface area (Å²) in [5.41, 5.74) is 2.15. The van der Waals surface area contributed by atoms with Crippen LogP contribution in [-0.2, 0) is 16.0 Å². The first kappa shape index (κ1) is 25.9. The van der Waals surface area contributed by atoms with E-state index < -0.39 is 18.0 Å². The van der Waals surface area contributed by atoms with Crippen molar-refractivity contribution in [1.82, 2.24) is 15.6 Å². The summed E-state index contributed by atoms with van der Waals surface area (Å²) in [7, 11) is 0. The van der Waals surface area contributed by atoms with Gasteiger partial charge in [0.25, 0.3) is 5.91 Å². The number of hydrogen-bond donors (Lipinski definition) is 3. The number of para-hydroxylation sites is 1. The van der Waals surface area contributed by atoms with E-state index in [1.54, 1.807) is 18.2 Å². The lowest BCUT2D eigenvalue weighted by atomic mass is 9.99. The molecule has 0 spiro atoms. The molecule has 184 valence electrons. The number of amides is 2. The molecule has 6 nitrogen and oxygen atoms in total. The van der Waals surface area contributed by atoms with Crippen LogP contribution in [0.5, 0.6) is 0 Å². The van der Waals surface area contributed by atoms with Gasteiger partial charge in [0.05, 0.1) is 6.04 Å². The Bertz CT molecular complexity index is 1150. The van der Waals surface area contributed by atoms with Gasteiger partial charge in [0.15, 0.2) is 5.78 Å². The number of fused-ring (bicyclic) bond motifs is 1. The van der Waals surface area contributed by atoms with Gasteiger partial charge in [-0.1, -0.05) is 50.8 Å². The second kappa shape index (κ2) is 12.1. The molecule has 1 unspecified atom stereocenters. The number of H-pyrrole nitrogens is 1. The van der Waals surface area contributed by atoms with Crippen LogP contribution in [0.15, 0.2) is 67.3 Å². The minimum atomic E-state index is -0.800. The summed E-state index contributed by atoms with van der Waals surface area (Å²) < 4.78 is 13.1. The Kier molecular flexibility index (Phi) is 8.95. The highest BCUT2D eigenvalue weighted by molar-refractivity contribution is 6.01. The van der Waals surface area contributed by atoms with E-state index in [0.29, 0.717) is 31.4 Å². The second-order valence-electron chi connectivity index (χ2n) is 9.11. The predicted molar refractivity (Wildman–Crippen MR) is 135 cm³/mol. The molecule has 35 heavy (non-hydrogen) atoms. The summed E-state index contributed by atoms with van der Waals surface area (Å²) >= 11 is 0. The van der Waals surface area contributed by atoms with Crippen LogP contribution in [0.2, 0.25) is 0 Å². The number of carbonyl (C=O) groups excluding carboxylic acids is 3. The number of benzene rings is 2. The summed E-state index contributed by atoms with van der Waals surface area (Å²) in [6.07, 6.45) is 3.28. The van der Waals surface area contributed by atoms with Crippen molar-refractivity contribution in [3.8, 4) is 0 Å². The highest BCUT2D eigenvalue weighted by Crippen LogP contribution is 2.16. The standard InChI is InChI=1S/C28H32FN3O3/c1-4-26(33)23(11-7-8-19-12-14-21(29)15-13-19)31-27(34)24(16-18(2)3)32-28(35)25-17-20-9-5-6-10-22(20)30-25/h4-6,9-10,12-15,17-18,23-24,30H,1,7-8,11,16H2,2-3H3,(H,31,34)(H,32,35)/t23?,24-/m0/s1. The average Bonchev–Trinajstić information content (AvgIpc) is 3.28. The summed E-state index contributed by atoms with van der Waals surface area (Å²) in [5.74, 6) is -1.25. The van der Waals surface area contributed by atoms with Crippen molar-refractivity contribution in [3.05, 3.63) is 84.3 Å². The maximum absolute atomic E-state index is 13.2. The first-order valence-electron chi connectivity index (χ1n) is 11.9. The van der Waals surface area contributed by atoms with Crippen LogP contribution in [-0.4, -0.2) is 34.7 Å². The molecule has 0 aliphatic heterocycles. The number of aromatic nitrogens is 1. The van der Waals surface area contributed by atoms with E-state index in [4.69, 9.17) is 0 Å². The molecule has 0 saturated carbocycles. The van der Waals surface area contributed by atoms with Crippen LogP contribution in [0.1, 0.15) is 49.2 Å². The molecule has 0 aliphatic carbocycles. The van der Waals surface area contributed by atoms with E-state index in [-0.39, 0.29) is 23.4 Å². The molecule has 1 aromatic heterocycles. The average molecular weight is 478 g/mol. The van der Waals surface area contributed by atoms with Crippen LogP contribution in [0.3, 0.4) is 0 Å². The fraction of sp³-hybridized carbons (Fsp3) is 0.321. The van der Waals surface area contributed by atoms with Crippen molar-refractivity contribution in [1.29, 1.82) is 0 Å². The van der Waals surface area contributed by atoms with E-state index in [1.165, 1.54) is 18.2 Å². The number of rotatable bonds is 12. The lowest BCUT2D eigenvalue weighted by Gasteiger charge is -2.23. The molecule has 1 heterocycles. The molecule has 7 heteroatoms. The van der Waals surface area contributed by atoms with E-state index in [1.807, 2.05) is 38.1 Å². The first-order chi connectivity index (χ1) is 16.8. The summed E-state index contributed by atoms with van der Waals surface area (Å²) in [4.78, 5) is 41.6. The zero-order chi connectivity index (χ0) is 25.4. The van der Waals surface area contributed by atoms with Gasteiger partial charge in [-0.15, -0.1) is 0 Å². The monoisotopic (exact) mass is 477 g/mol. The molecule has 0 saturated heterocycles. The van der Waals surface area contributed by atoms with Crippen LogP contribution in [0.4, 0.5) is 4.39 Å². The lowest BCUT2D eigenvalue weighted by Crippen LogP contribution is -2.51. The third-order valence-corrected chi connectivity index (χ3v) is 5.84. The molecule has 0 bridgehead atoms. The molecular weight excluding hydrogens is 445 g/mol. The van der Waals surface area contributed by atoms with Gasteiger partial charge in [0, 0.05) is 10.9 Å². The van der Waals surface area contributed by atoms with Crippen LogP contribution in [0, 0.1) is 11.7 Å². The normalized spacial score (nSPS) is 12.8. The van der Waals surface area contributed by atoms with E-state index in [9.17, 15) is 18.8 Å². The quantitative estimate of drug-likeness (QED) is 0.330. The van der Waals surface area contributed by atoms with E-state index in [0.717, 1.165) is 16.5 Å². The topological polar surface area (TPSA) is 91.1 Å². The summed E-state index contributed by atoms with van der Waals surface area (Å²) in [5, 5.41) is 6.53. The van der Waals surface area contributed by atoms with Gasteiger partial charge >= 0.3 is 0 Å². The number of aryl methyl sites for hydroxylation is 1. The first-order valence-corrected chi connectivity index (χ1v) is 11.9. The molecule has 0 aliphatic rings. The smallest absolute Gasteiger partial charge is 0.268 e. The summed E-state index contributed by atoms with van der Waals surface area (Å²) in [6.45, 7) is 7.48. The molecule has 0 radical (unpaired) electrons. The molecule has 2 aromatic carbocycles. The number of nitrogens with one attached hydrogen (secondary N) is 3. The molecule has 3 aromatic rings. The van der Waals surface area contributed by atoms with Gasteiger partial charge in [0.2, 0.25) is 5.91 Å². The maximum Gasteiger partial charge on any atom is 0.268 e. The SMILES string of the molecule is C=CC(=O)C(CCCc1ccc(F)cc1)NC(=O)[C@H](CC(C)C)NC(=O)c1cc2ccccc2[nH]1. The third-order valence-electron chi connectivity index (χ3n) is 5.84. The molecule has 0 fully saturated rings. The van der Waals surface area contributed by atoms with E-state index in [2.05, 4.69) is 22.2 Å². The van der Waals surface area contributed by atoms with Gasteiger partial charge < -0.3 is 15.6 Å².